The van der Waals surface area contributed by atoms with E-state index in [0.29, 0.717) is 0 Å². The number of ketones is 1. The van der Waals surface area contributed by atoms with Gasteiger partial charge in [0.1, 0.15) is 11.4 Å². The molecule has 0 radical (unpaired) electrons. The molecular weight excluding hydrogens is 386 g/mol. The highest BCUT2D eigenvalue weighted by Crippen LogP contribution is 2.50. The number of Topliss-reactive ketones (excluding diaryl/α,β-unsaturated/α-hetero) is 1. The zero-order valence-corrected chi connectivity index (χ0v) is 19.9. The molecule has 1 aromatic carbocycles. The fraction of sp³-hybridized carbons (Fsp3) is 0.667. The van der Waals surface area contributed by atoms with E-state index >= 15 is 0 Å². The molecule has 4 nitrogen and oxygen atoms in total. The van der Waals surface area contributed by atoms with Crippen molar-refractivity contribution in [2.45, 2.75) is 77.4 Å². The van der Waals surface area contributed by atoms with Crippen LogP contribution in [0.2, 0.25) is 0 Å². The van der Waals surface area contributed by atoms with Gasteiger partial charge in [0.2, 0.25) is 0 Å². The number of quaternary nitrogens is 1. The van der Waals surface area contributed by atoms with E-state index in [1.807, 2.05) is 19.1 Å². The fourth-order valence-corrected chi connectivity index (χ4v) is 6.10. The molecule has 2 unspecified atom stereocenters. The number of likely N-dealkylation sites (tertiary alicyclic amines) is 1. The van der Waals surface area contributed by atoms with Crippen molar-refractivity contribution in [2.24, 2.45) is 5.92 Å². The van der Waals surface area contributed by atoms with Crippen molar-refractivity contribution in [2.75, 3.05) is 32.8 Å². The van der Waals surface area contributed by atoms with Crippen LogP contribution in [0.5, 0.6) is 5.75 Å². The molecule has 0 spiro atoms. The number of fused-ring (bicyclic) bond motifs is 3. The molecule has 0 aromatic heterocycles. The van der Waals surface area contributed by atoms with Gasteiger partial charge in [0.25, 0.3) is 0 Å². The first-order chi connectivity index (χ1) is 14.8. The summed E-state index contributed by atoms with van der Waals surface area (Å²) in [5.41, 5.74) is 1.03. The van der Waals surface area contributed by atoms with Crippen LogP contribution in [-0.2, 0) is 9.53 Å². The van der Waals surface area contributed by atoms with Crippen LogP contribution in [0.1, 0.15) is 71.8 Å². The average molecular weight is 427 g/mol. The Balaban J connectivity index is 1.35. The third kappa shape index (κ3) is 4.61. The lowest BCUT2D eigenvalue weighted by Crippen LogP contribution is -2.60. The Morgan fingerprint density at radius 2 is 1.84 bits per heavy atom. The molecule has 1 saturated carbocycles. The van der Waals surface area contributed by atoms with Crippen molar-refractivity contribution >= 4 is 11.9 Å². The Morgan fingerprint density at radius 1 is 1.13 bits per heavy atom. The Kier molecular flexibility index (Phi) is 6.33. The molecular formula is C27H40NO3+. The summed E-state index contributed by atoms with van der Waals surface area (Å²) in [5.74, 6) is 1.24. The summed E-state index contributed by atoms with van der Waals surface area (Å²) in [6.45, 7) is 14.4. The number of ether oxygens (including phenoxy) is 2. The molecule has 2 atom stereocenters. The Hall–Kier alpha value is -1.65. The molecule has 3 aliphatic heterocycles. The molecule has 4 fully saturated rings. The van der Waals surface area contributed by atoms with Crippen molar-refractivity contribution in [1.29, 1.82) is 0 Å². The molecule has 1 aliphatic carbocycles. The molecule has 3 heterocycles. The van der Waals surface area contributed by atoms with Crippen LogP contribution in [0.3, 0.4) is 0 Å². The topological polar surface area (TPSA) is 35.5 Å². The van der Waals surface area contributed by atoms with Crippen LogP contribution in [0.15, 0.2) is 29.8 Å². The second-order valence-corrected chi connectivity index (χ2v) is 10.6. The summed E-state index contributed by atoms with van der Waals surface area (Å²) in [4.78, 5) is 13.0. The molecule has 4 heteroatoms. The van der Waals surface area contributed by atoms with E-state index in [-0.39, 0.29) is 17.3 Å². The van der Waals surface area contributed by atoms with Gasteiger partial charge in [-0.2, -0.15) is 0 Å². The van der Waals surface area contributed by atoms with Crippen molar-refractivity contribution in [3.05, 3.63) is 35.4 Å². The number of nitrogens with zero attached hydrogens (tertiary/aromatic N) is 1. The SMILES string of the molecule is CC[N+]1(CCCOc2ccc(/C=C3\C(=O)C4(C)CCC3C(C)(C)O4)cc2)CCCCC1. The molecule has 0 N–H and O–H groups in total. The highest BCUT2D eigenvalue weighted by atomic mass is 16.5. The number of piperidine rings is 1. The fourth-order valence-electron chi connectivity index (χ4n) is 6.10. The van der Waals surface area contributed by atoms with E-state index in [1.165, 1.54) is 49.9 Å². The van der Waals surface area contributed by atoms with E-state index in [1.54, 1.807) is 0 Å². The maximum absolute atomic E-state index is 13.0. The van der Waals surface area contributed by atoms with Gasteiger partial charge >= 0.3 is 0 Å². The Labute approximate surface area is 188 Å². The van der Waals surface area contributed by atoms with Gasteiger partial charge in [-0.1, -0.05) is 12.1 Å². The molecule has 31 heavy (non-hydrogen) atoms. The van der Waals surface area contributed by atoms with Crippen LogP contribution in [0.25, 0.3) is 6.08 Å². The molecule has 0 amide bonds. The first-order valence-corrected chi connectivity index (χ1v) is 12.3. The third-order valence-electron chi connectivity index (χ3n) is 8.04. The smallest absolute Gasteiger partial charge is 0.190 e. The summed E-state index contributed by atoms with van der Waals surface area (Å²) in [6.07, 6.45) is 9.15. The van der Waals surface area contributed by atoms with Crippen LogP contribution in [-0.4, -0.2) is 54.3 Å². The van der Waals surface area contributed by atoms with Gasteiger partial charge in [-0.25, -0.2) is 0 Å². The molecule has 1 aromatic rings. The van der Waals surface area contributed by atoms with E-state index in [2.05, 4.69) is 39.0 Å². The minimum Gasteiger partial charge on any atom is -0.493 e. The largest absolute Gasteiger partial charge is 0.493 e. The monoisotopic (exact) mass is 426 g/mol. The normalized spacial score (nSPS) is 30.5. The van der Waals surface area contributed by atoms with Gasteiger partial charge in [-0.15, -0.1) is 0 Å². The Bertz CT molecular complexity index is 819. The lowest BCUT2D eigenvalue weighted by atomic mass is 9.65. The van der Waals surface area contributed by atoms with E-state index < -0.39 is 5.60 Å². The predicted molar refractivity (Wildman–Crippen MR) is 125 cm³/mol. The van der Waals surface area contributed by atoms with Crippen LogP contribution in [0.4, 0.5) is 0 Å². The second-order valence-electron chi connectivity index (χ2n) is 10.6. The van der Waals surface area contributed by atoms with Gasteiger partial charge < -0.3 is 14.0 Å². The van der Waals surface area contributed by atoms with Crippen LogP contribution >= 0.6 is 0 Å². The highest BCUT2D eigenvalue weighted by Gasteiger charge is 2.56. The van der Waals surface area contributed by atoms with Gasteiger partial charge in [0.05, 0.1) is 38.4 Å². The van der Waals surface area contributed by atoms with E-state index in [9.17, 15) is 4.79 Å². The molecule has 2 bridgehead atoms. The van der Waals surface area contributed by atoms with Crippen molar-refractivity contribution < 1.29 is 18.8 Å². The maximum atomic E-state index is 13.0. The lowest BCUT2D eigenvalue weighted by molar-refractivity contribution is -0.931. The Morgan fingerprint density at radius 3 is 2.48 bits per heavy atom. The van der Waals surface area contributed by atoms with Crippen LogP contribution < -0.4 is 4.74 Å². The molecule has 5 rings (SSSR count). The average Bonchev–Trinajstić information content (AvgIpc) is 2.75. The maximum Gasteiger partial charge on any atom is 0.190 e. The minimum atomic E-state index is -0.667. The first kappa shape index (κ1) is 22.5. The van der Waals surface area contributed by atoms with Gasteiger partial charge in [-0.3, -0.25) is 4.79 Å². The number of carbonyl (C=O) groups is 1. The molecule has 3 saturated heterocycles. The summed E-state index contributed by atoms with van der Waals surface area (Å²) >= 11 is 0. The molecule has 4 aliphatic rings. The first-order valence-electron chi connectivity index (χ1n) is 12.3. The van der Waals surface area contributed by atoms with Crippen LogP contribution in [0, 0.1) is 5.92 Å². The zero-order valence-electron chi connectivity index (χ0n) is 19.9. The van der Waals surface area contributed by atoms with Crippen molar-refractivity contribution in [3.8, 4) is 5.75 Å². The second kappa shape index (κ2) is 8.71. The van der Waals surface area contributed by atoms with Gasteiger partial charge in [0.15, 0.2) is 5.78 Å². The number of benzene rings is 1. The third-order valence-corrected chi connectivity index (χ3v) is 8.04. The quantitative estimate of drug-likeness (QED) is 0.332. The van der Waals surface area contributed by atoms with Crippen molar-refractivity contribution in [3.63, 3.8) is 0 Å². The summed E-state index contributed by atoms with van der Waals surface area (Å²) in [5, 5.41) is 0. The lowest BCUT2D eigenvalue weighted by Gasteiger charge is -2.53. The number of hydrogen-bond acceptors (Lipinski definition) is 3. The number of hydrogen-bond donors (Lipinski definition) is 0. The van der Waals surface area contributed by atoms with Gasteiger partial charge in [-0.05, 0) is 83.6 Å². The standard InChI is InChI=1S/C27H40NO3/c1-5-28(16-7-6-8-17-28)18-9-19-30-22-12-10-21(11-13-22)20-23-24-14-15-27(4,25(23)29)31-26(24,2)3/h10-13,20,24H,5-9,14-19H2,1-4H3/q+1/b23-20-. The zero-order chi connectivity index (χ0) is 22.1. The minimum absolute atomic E-state index is 0.161. The summed E-state index contributed by atoms with van der Waals surface area (Å²) < 4.78 is 13.5. The van der Waals surface area contributed by atoms with Crippen molar-refractivity contribution in [1.82, 2.24) is 0 Å². The van der Waals surface area contributed by atoms with E-state index in [4.69, 9.17) is 9.47 Å². The van der Waals surface area contributed by atoms with E-state index in [0.717, 1.165) is 42.8 Å². The summed E-state index contributed by atoms with van der Waals surface area (Å²) in [6, 6.07) is 8.20. The predicted octanol–water partition coefficient (Wildman–Crippen LogP) is 5.41. The number of carbonyl (C=O) groups excluding carboxylic acids is 1. The number of rotatable bonds is 7. The summed E-state index contributed by atoms with van der Waals surface area (Å²) in [7, 11) is 0. The van der Waals surface area contributed by atoms with Gasteiger partial charge in [0, 0.05) is 17.9 Å². The highest BCUT2D eigenvalue weighted by molar-refractivity contribution is 6.07. The molecule has 170 valence electrons.